The zero-order valence-electron chi connectivity index (χ0n) is 32.8. The molecule has 2 saturated heterocycles. The average molecular weight is 771 g/mol. The van der Waals surface area contributed by atoms with Crippen LogP contribution in [0.3, 0.4) is 0 Å². The number of nitrogens with zero attached hydrogens (tertiary/aromatic N) is 2. The fraction of sp³-hybridized carbons (Fsp3) is 0.707. The first-order chi connectivity index (χ1) is 26.4. The molecule has 2 saturated carbocycles. The summed E-state index contributed by atoms with van der Waals surface area (Å²) < 4.78 is 41.7. The minimum absolute atomic E-state index is 0.00327. The van der Waals surface area contributed by atoms with Crippen molar-refractivity contribution in [3.05, 3.63) is 30.0 Å². The number of morpholine rings is 1. The van der Waals surface area contributed by atoms with Crippen molar-refractivity contribution >= 4 is 40.5 Å². The summed E-state index contributed by atoms with van der Waals surface area (Å²) in [7, 11) is 1.74. The number of fused-ring (bicyclic) bond motifs is 1. The van der Waals surface area contributed by atoms with Crippen LogP contribution in [0, 0.1) is 23.7 Å². The summed E-state index contributed by atoms with van der Waals surface area (Å²) in [4.78, 5) is 57.8. The van der Waals surface area contributed by atoms with Crippen LogP contribution >= 0.6 is 0 Å². The van der Waals surface area contributed by atoms with Crippen molar-refractivity contribution in [1.29, 1.82) is 0 Å². The van der Waals surface area contributed by atoms with Gasteiger partial charge in [-0.3, -0.25) is 14.5 Å². The molecule has 1 aromatic carbocycles. The number of benzene rings is 1. The van der Waals surface area contributed by atoms with Crippen LogP contribution in [0.1, 0.15) is 89.1 Å². The van der Waals surface area contributed by atoms with Gasteiger partial charge in [-0.25, -0.2) is 14.0 Å². The van der Waals surface area contributed by atoms with Crippen LogP contribution in [0.4, 0.5) is 14.9 Å². The average Bonchev–Trinajstić information content (AvgIpc) is 3.82. The monoisotopic (exact) mass is 770 g/mol. The number of amides is 3. The van der Waals surface area contributed by atoms with Crippen molar-refractivity contribution in [3.8, 4) is 0 Å². The van der Waals surface area contributed by atoms with Crippen LogP contribution in [0.15, 0.2) is 28.7 Å². The molecule has 3 atom stereocenters. The molecule has 0 bridgehead atoms. The van der Waals surface area contributed by atoms with Crippen LogP contribution < -0.4 is 10.6 Å². The number of hydrogen-bond acceptors (Lipinski definition) is 10. The standard InChI is InChI=1S/C41H59FN4O9/c1-41(2,3)55-40(50)44-33(25-42)27-5-7-28(8-6-27)38(48)46-16-15-32(26-9-12-31(51-4)13-10-26)36(46)37(47)43-30-11-14-34-29(23-30)24-35(54-34)39(49)53-22-19-45-17-20-52-21-18-45/h11,14,23-24,26-28,31-33,36H,5-10,12-13,15-22,25H2,1-4H3,(H,43,47)(H,44,50)/t26?,27?,28?,31?,32-,33+,36+/m0/s1. The third kappa shape index (κ3) is 10.6. The predicted octanol–water partition coefficient (Wildman–Crippen LogP) is 5.95. The van der Waals surface area contributed by atoms with Crippen LogP contribution in [0.25, 0.3) is 11.0 Å². The highest BCUT2D eigenvalue weighted by Crippen LogP contribution is 2.42. The van der Waals surface area contributed by atoms with Gasteiger partial charge in [0.25, 0.3) is 0 Å². The highest BCUT2D eigenvalue weighted by atomic mass is 19.1. The Morgan fingerprint density at radius 2 is 1.67 bits per heavy atom. The van der Waals surface area contributed by atoms with Gasteiger partial charge in [0.2, 0.25) is 17.6 Å². The summed E-state index contributed by atoms with van der Waals surface area (Å²) in [6.45, 7) is 8.88. The third-order valence-electron chi connectivity index (χ3n) is 11.9. The fourth-order valence-electron chi connectivity index (χ4n) is 8.99. The quantitative estimate of drug-likeness (QED) is 0.248. The Balaban J connectivity index is 1.10. The molecule has 4 aliphatic rings. The molecule has 1 aromatic heterocycles. The Morgan fingerprint density at radius 1 is 0.945 bits per heavy atom. The molecule has 4 fully saturated rings. The van der Waals surface area contributed by atoms with E-state index in [9.17, 15) is 23.6 Å². The number of anilines is 1. The zero-order chi connectivity index (χ0) is 39.1. The maximum absolute atomic E-state index is 14.3. The van der Waals surface area contributed by atoms with Crippen molar-refractivity contribution < 1.29 is 46.9 Å². The SMILES string of the molecule is COC1CCC([C@@H]2CCN(C(=O)C3CCC([C@@H](CF)NC(=O)OC(C)(C)C)CC3)[C@H]2C(=O)Nc2ccc3oc(C(=O)OCCN4CCOCC4)cc3c2)CC1. The van der Waals surface area contributed by atoms with E-state index in [4.69, 9.17) is 23.4 Å². The first-order valence-electron chi connectivity index (χ1n) is 20.1. The van der Waals surface area contributed by atoms with Crippen molar-refractivity contribution in [1.82, 2.24) is 15.1 Å². The van der Waals surface area contributed by atoms with E-state index in [0.717, 1.165) is 45.2 Å². The van der Waals surface area contributed by atoms with Gasteiger partial charge in [-0.2, -0.15) is 0 Å². The summed E-state index contributed by atoms with van der Waals surface area (Å²) in [6, 6.07) is 5.53. The molecule has 2 aliphatic carbocycles. The number of rotatable bonds is 12. The van der Waals surface area contributed by atoms with Crippen LogP contribution in [0.2, 0.25) is 0 Å². The number of carbonyl (C=O) groups excluding carboxylic acids is 4. The maximum Gasteiger partial charge on any atom is 0.407 e. The lowest BCUT2D eigenvalue weighted by atomic mass is 9.75. The van der Waals surface area contributed by atoms with Gasteiger partial charge in [0.1, 0.15) is 30.5 Å². The molecule has 2 aromatic rings. The Bertz CT molecular complexity index is 1620. The van der Waals surface area contributed by atoms with Gasteiger partial charge in [-0.1, -0.05) is 0 Å². The van der Waals surface area contributed by atoms with Crippen molar-refractivity contribution in [2.45, 2.75) is 102 Å². The van der Waals surface area contributed by atoms with E-state index in [0.29, 0.717) is 68.6 Å². The summed E-state index contributed by atoms with van der Waals surface area (Å²) in [5.41, 5.74) is 0.348. The second kappa shape index (κ2) is 18.5. The maximum atomic E-state index is 14.3. The molecular formula is C41H59FN4O9. The first-order valence-corrected chi connectivity index (χ1v) is 20.1. The predicted molar refractivity (Wildman–Crippen MR) is 203 cm³/mol. The lowest BCUT2D eigenvalue weighted by Gasteiger charge is -2.38. The van der Waals surface area contributed by atoms with E-state index < -0.39 is 36.4 Å². The van der Waals surface area contributed by atoms with Crippen LogP contribution in [-0.4, -0.2) is 117 Å². The Kier molecular flexibility index (Phi) is 13.7. The zero-order valence-corrected chi connectivity index (χ0v) is 32.8. The number of ether oxygens (including phenoxy) is 4. The lowest BCUT2D eigenvalue weighted by Crippen LogP contribution is -2.50. The molecule has 0 unspecified atom stereocenters. The van der Waals surface area contributed by atoms with E-state index >= 15 is 0 Å². The molecule has 0 radical (unpaired) electrons. The van der Waals surface area contributed by atoms with Crippen molar-refractivity contribution in [2.24, 2.45) is 23.7 Å². The van der Waals surface area contributed by atoms with Gasteiger partial charge in [0.05, 0.1) is 25.4 Å². The third-order valence-corrected chi connectivity index (χ3v) is 11.9. The van der Waals surface area contributed by atoms with Crippen molar-refractivity contribution in [2.75, 3.05) is 65.1 Å². The number of alkyl halides is 1. The van der Waals surface area contributed by atoms with Gasteiger partial charge in [-0.05, 0) is 121 Å². The van der Waals surface area contributed by atoms with E-state index in [-0.39, 0.29) is 54.0 Å². The molecule has 2 N–H and O–H groups in total. The van der Waals surface area contributed by atoms with Gasteiger partial charge >= 0.3 is 12.1 Å². The van der Waals surface area contributed by atoms with Crippen molar-refractivity contribution in [3.63, 3.8) is 0 Å². The molecule has 55 heavy (non-hydrogen) atoms. The minimum Gasteiger partial charge on any atom is -0.458 e. The van der Waals surface area contributed by atoms with Gasteiger partial charge in [0, 0.05) is 50.3 Å². The highest BCUT2D eigenvalue weighted by molar-refractivity contribution is 6.00. The number of furan rings is 1. The smallest absolute Gasteiger partial charge is 0.407 e. The first kappa shape index (κ1) is 40.9. The summed E-state index contributed by atoms with van der Waals surface area (Å²) in [5, 5.41) is 6.45. The van der Waals surface area contributed by atoms with Gasteiger partial charge < -0.3 is 38.9 Å². The number of alkyl carbamates (subject to hydrolysis) is 1. The Morgan fingerprint density at radius 3 is 2.35 bits per heavy atom. The van der Waals surface area contributed by atoms with Gasteiger partial charge in [0.15, 0.2) is 0 Å². The number of likely N-dealkylation sites (tertiary alicyclic amines) is 1. The Hall–Kier alpha value is -3.75. The largest absolute Gasteiger partial charge is 0.458 e. The molecule has 2 aliphatic heterocycles. The number of carbonyl (C=O) groups is 4. The molecule has 3 amide bonds. The second-order valence-electron chi connectivity index (χ2n) is 16.7. The van der Waals surface area contributed by atoms with E-state index in [2.05, 4.69) is 15.5 Å². The van der Waals surface area contributed by atoms with E-state index in [1.54, 1.807) is 57.0 Å². The fourth-order valence-corrected chi connectivity index (χ4v) is 8.99. The number of halogens is 1. The number of esters is 1. The minimum atomic E-state index is -0.713. The number of methoxy groups -OCH3 is 1. The number of nitrogens with one attached hydrogen (secondary N) is 2. The molecule has 13 nitrogen and oxygen atoms in total. The molecule has 0 spiro atoms. The van der Waals surface area contributed by atoms with Crippen LogP contribution in [-0.2, 0) is 28.5 Å². The summed E-state index contributed by atoms with van der Waals surface area (Å²) in [6.07, 6.45) is 6.30. The molecular weight excluding hydrogens is 711 g/mol. The number of hydrogen-bond donors (Lipinski definition) is 2. The summed E-state index contributed by atoms with van der Waals surface area (Å²) in [5.74, 6) is -0.836. The summed E-state index contributed by atoms with van der Waals surface area (Å²) >= 11 is 0. The molecule has 3 heterocycles. The Labute approximate surface area is 323 Å². The lowest BCUT2D eigenvalue weighted by molar-refractivity contribution is -0.142. The van der Waals surface area contributed by atoms with Crippen LogP contribution in [0.5, 0.6) is 0 Å². The van der Waals surface area contributed by atoms with E-state index in [1.165, 1.54) is 0 Å². The molecule has 6 rings (SSSR count). The normalized spacial score (nSPS) is 27.0. The molecule has 14 heteroatoms. The van der Waals surface area contributed by atoms with E-state index in [1.807, 2.05) is 0 Å². The topological polar surface area (TPSA) is 149 Å². The molecule has 304 valence electrons. The highest BCUT2D eigenvalue weighted by Gasteiger charge is 2.47. The second-order valence-corrected chi connectivity index (χ2v) is 16.7. The van der Waals surface area contributed by atoms with Gasteiger partial charge in [-0.15, -0.1) is 0 Å².